The fourth-order valence-electron chi connectivity index (χ4n) is 2.61. The van der Waals surface area contributed by atoms with Gasteiger partial charge < -0.3 is 4.74 Å². The van der Waals surface area contributed by atoms with E-state index in [2.05, 4.69) is 24.0 Å². The number of aromatic nitrogens is 1. The Morgan fingerprint density at radius 2 is 1.57 bits per heavy atom. The number of hydrogen-bond acceptors (Lipinski definition) is 2. The Kier molecular flexibility index (Phi) is 7.06. The summed E-state index contributed by atoms with van der Waals surface area (Å²) < 4.78 is 5.90. The van der Waals surface area contributed by atoms with E-state index >= 15 is 0 Å². The summed E-state index contributed by atoms with van der Waals surface area (Å²) in [5.41, 5.74) is 0.972. The van der Waals surface area contributed by atoms with Gasteiger partial charge in [0.25, 0.3) is 0 Å². The van der Waals surface area contributed by atoms with E-state index in [1.165, 1.54) is 44.9 Å². The highest BCUT2D eigenvalue weighted by atomic mass is 16.5. The second-order valence-corrected chi connectivity index (χ2v) is 5.65. The van der Waals surface area contributed by atoms with Gasteiger partial charge in [-0.1, -0.05) is 70.1 Å². The topological polar surface area (TPSA) is 22.1 Å². The molecule has 0 radical (unpaired) electrons. The fraction of sp³-hybridized carbons (Fsp3) is 0.526. The van der Waals surface area contributed by atoms with Gasteiger partial charge in [0.05, 0.1) is 6.61 Å². The van der Waals surface area contributed by atoms with Gasteiger partial charge in [-0.3, -0.25) is 4.98 Å². The highest BCUT2D eigenvalue weighted by Crippen LogP contribution is 2.23. The first-order chi connectivity index (χ1) is 10.4. The van der Waals surface area contributed by atoms with Gasteiger partial charge in [-0.05, 0) is 18.6 Å². The maximum absolute atomic E-state index is 5.90. The highest BCUT2D eigenvalue weighted by molar-refractivity contribution is 5.84. The molecule has 1 heterocycles. The number of pyridine rings is 1. The van der Waals surface area contributed by atoms with Gasteiger partial charge in [-0.25, -0.2) is 0 Å². The van der Waals surface area contributed by atoms with E-state index in [1.54, 1.807) is 0 Å². The van der Waals surface area contributed by atoms with Crippen molar-refractivity contribution in [2.75, 3.05) is 6.61 Å². The van der Waals surface area contributed by atoms with Gasteiger partial charge in [-0.15, -0.1) is 0 Å². The number of nitrogens with zero attached hydrogens (tertiary/aromatic N) is 1. The summed E-state index contributed by atoms with van der Waals surface area (Å²) in [4.78, 5) is 4.41. The van der Waals surface area contributed by atoms with Crippen molar-refractivity contribution in [2.45, 2.75) is 58.3 Å². The van der Waals surface area contributed by atoms with Crippen LogP contribution in [0, 0.1) is 0 Å². The molecule has 0 bridgehead atoms. The van der Waals surface area contributed by atoms with Gasteiger partial charge in [0.15, 0.2) is 0 Å². The molecule has 0 aliphatic heterocycles. The molecule has 0 saturated heterocycles. The number of fused-ring (bicyclic) bond motifs is 1. The molecule has 2 rings (SSSR count). The Labute approximate surface area is 128 Å². The van der Waals surface area contributed by atoms with E-state index < -0.39 is 0 Å². The summed E-state index contributed by atoms with van der Waals surface area (Å²) in [6.07, 6.45) is 12.4. The number of rotatable bonds is 10. The smallest absolute Gasteiger partial charge is 0.145 e. The summed E-state index contributed by atoms with van der Waals surface area (Å²) in [5.74, 6) is 0.913. The first-order valence-corrected chi connectivity index (χ1v) is 8.38. The van der Waals surface area contributed by atoms with E-state index in [9.17, 15) is 0 Å². The van der Waals surface area contributed by atoms with Crippen LogP contribution >= 0.6 is 0 Å². The Balaban J connectivity index is 1.64. The number of hydrogen-bond donors (Lipinski definition) is 0. The summed E-state index contributed by atoms with van der Waals surface area (Å²) in [6.45, 7) is 3.06. The molecule has 2 heteroatoms. The Bertz CT molecular complexity index is 518. The predicted octanol–water partition coefficient (Wildman–Crippen LogP) is 5.75. The molecule has 21 heavy (non-hydrogen) atoms. The van der Waals surface area contributed by atoms with Crippen molar-refractivity contribution in [1.29, 1.82) is 0 Å². The van der Waals surface area contributed by atoms with Crippen LogP contribution in [0.3, 0.4) is 0 Å². The van der Waals surface area contributed by atoms with E-state index in [-0.39, 0.29) is 0 Å². The number of ether oxygens (including phenoxy) is 1. The minimum Gasteiger partial charge on any atom is -0.491 e. The first kappa shape index (κ1) is 15.8. The van der Waals surface area contributed by atoms with Crippen molar-refractivity contribution in [3.05, 3.63) is 36.5 Å². The van der Waals surface area contributed by atoms with Crippen molar-refractivity contribution >= 4 is 10.9 Å². The van der Waals surface area contributed by atoms with E-state index in [0.29, 0.717) is 0 Å². The van der Waals surface area contributed by atoms with Crippen molar-refractivity contribution < 1.29 is 4.74 Å². The van der Waals surface area contributed by atoms with Gasteiger partial charge in [-0.2, -0.15) is 0 Å². The zero-order valence-electron chi connectivity index (χ0n) is 13.2. The molecule has 0 amide bonds. The van der Waals surface area contributed by atoms with Crippen molar-refractivity contribution in [3.8, 4) is 5.75 Å². The maximum atomic E-state index is 5.90. The average Bonchev–Trinajstić information content (AvgIpc) is 2.53. The van der Waals surface area contributed by atoms with Crippen LogP contribution < -0.4 is 4.74 Å². The molecular weight excluding hydrogens is 258 g/mol. The van der Waals surface area contributed by atoms with Crippen LogP contribution in [0.4, 0.5) is 0 Å². The van der Waals surface area contributed by atoms with Gasteiger partial charge in [0, 0.05) is 11.6 Å². The lowest BCUT2D eigenvalue weighted by molar-refractivity contribution is 0.307. The van der Waals surface area contributed by atoms with Crippen molar-refractivity contribution in [2.24, 2.45) is 0 Å². The normalized spacial score (nSPS) is 10.9. The van der Waals surface area contributed by atoms with Crippen LogP contribution in [0.25, 0.3) is 10.9 Å². The molecule has 114 valence electrons. The molecule has 0 saturated carbocycles. The molecular formula is C19H27NO. The maximum Gasteiger partial charge on any atom is 0.145 e. The Hall–Kier alpha value is -1.57. The quantitative estimate of drug-likeness (QED) is 0.518. The third-order valence-corrected chi connectivity index (χ3v) is 3.85. The first-order valence-electron chi connectivity index (χ1n) is 8.38. The van der Waals surface area contributed by atoms with Gasteiger partial charge in [0.2, 0.25) is 0 Å². The van der Waals surface area contributed by atoms with Crippen molar-refractivity contribution in [1.82, 2.24) is 4.98 Å². The number of benzene rings is 1. The highest BCUT2D eigenvalue weighted by Gasteiger charge is 2.02. The minimum absolute atomic E-state index is 0.796. The predicted molar refractivity (Wildman–Crippen MR) is 89.8 cm³/mol. The molecule has 1 aromatic heterocycles. The second-order valence-electron chi connectivity index (χ2n) is 5.65. The standard InChI is InChI=1S/C19H27NO/c1-2-3-4-5-6-7-8-9-16-21-18-14-10-12-17-13-11-15-20-19(17)18/h10-15H,2-9,16H2,1H3. The summed E-state index contributed by atoms with van der Waals surface area (Å²) in [5, 5.41) is 1.14. The van der Waals surface area contributed by atoms with Crippen LogP contribution in [-0.4, -0.2) is 11.6 Å². The van der Waals surface area contributed by atoms with E-state index in [4.69, 9.17) is 4.74 Å². The SMILES string of the molecule is CCCCCCCCCCOc1cccc2cccnc12. The summed E-state index contributed by atoms with van der Waals surface area (Å²) in [7, 11) is 0. The minimum atomic E-state index is 0.796. The molecule has 0 spiro atoms. The zero-order valence-corrected chi connectivity index (χ0v) is 13.2. The third-order valence-electron chi connectivity index (χ3n) is 3.85. The third kappa shape index (κ3) is 5.37. The largest absolute Gasteiger partial charge is 0.491 e. The molecule has 0 unspecified atom stereocenters. The molecule has 0 fully saturated rings. The molecule has 1 aromatic carbocycles. The second kappa shape index (κ2) is 9.38. The number of para-hydroxylation sites is 1. The summed E-state index contributed by atoms with van der Waals surface area (Å²) >= 11 is 0. The summed E-state index contributed by atoms with van der Waals surface area (Å²) in [6, 6.07) is 10.2. The lowest BCUT2D eigenvalue weighted by Gasteiger charge is -2.08. The fourth-order valence-corrected chi connectivity index (χ4v) is 2.61. The molecule has 0 atom stereocenters. The van der Waals surface area contributed by atoms with Gasteiger partial charge >= 0.3 is 0 Å². The van der Waals surface area contributed by atoms with E-state index in [1.807, 2.05) is 24.4 Å². The van der Waals surface area contributed by atoms with Crippen LogP contribution in [0.5, 0.6) is 5.75 Å². The lowest BCUT2D eigenvalue weighted by Crippen LogP contribution is -1.98. The van der Waals surface area contributed by atoms with E-state index in [0.717, 1.165) is 29.7 Å². The molecule has 0 N–H and O–H groups in total. The van der Waals surface area contributed by atoms with Crippen LogP contribution in [-0.2, 0) is 0 Å². The zero-order chi connectivity index (χ0) is 14.8. The molecule has 2 aromatic rings. The molecule has 2 nitrogen and oxygen atoms in total. The van der Waals surface area contributed by atoms with Crippen LogP contribution in [0.15, 0.2) is 36.5 Å². The molecule has 0 aliphatic carbocycles. The number of unbranched alkanes of at least 4 members (excludes halogenated alkanes) is 7. The van der Waals surface area contributed by atoms with Gasteiger partial charge in [0.1, 0.15) is 11.3 Å². The Morgan fingerprint density at radius 1 is 0.857 bits per heavy atom. The Morgan fingerprint density at radius 3 is 2.38 bits per heavy atom. The molecule has 0 aliphatic rings. The lowest BCUT2D eigenvalue weighted by atomic mass is 10.1. The van der Waals surface area contributed by atoms with Crippen molar-refractivity contribution in [3.63, 3.8) is 0 Å². The monoisotopic (exact) mass is 285 g/mol. The average molecular weight is 285 g/mol. The van der Waals surface area contributed by atoms with Crippen LogP contribution in [0.2, 0.25) is 0 Å². The van der Waals surface area contributed by atoms with Crippen LogP contribution in [0.1, 0.15) is 58.3 Å².